The number of carbonyl (C=O) groups excluding carboxylic acids is 2. The third-order valence-electron chi connectivity index (χ3n) is 5.94. The topological polar surface area (TPSA) is 91.7 Å². The molecule has 3 aromatic rings. The van der Waals surface area contributed by atoms with Gasteiger partial charge in [-0.3, -0.25) is 9.59 Å². The molecule has 0 aliphatic heterocycles. The number of carbonyl (C=O) groups is 2. The largest absolute Gasteiger partial charge is 0.493 e. The number of methoxy groups -OCH3 is 3. The van der Waals surface area contributed by atoms with Gasteiger partial charge in [0.15, 0.2) is 17.2 Å². The first-order valence-electron chi connectivity index (χ1n) is 10.9. The van der Waals surface area contributed by atoms with Crippen molar-refractivity contribution in [2.24, 2.45) is 0 Å². The maximum absolute atomic E-state index is 14.5. The molecule has 1 atom stereocenters. The fourth-order valence-electron chi connectivity index (χ4n) is 4.24. The van der Waals surface area contributed by atoms with Gasteiger partial charge in [-0.15, -0.1) is 0 Å². The molecule has 1 aliphatic carbocycles. The van der Waals surface area contributed by atoms with Gasteiger partial charge in [0.1, 0.15) is 11.5 Å². The number of aromatic nitrogens is 2. The van der Waals surface area contributed by atoms with Gasteiger partial charge in [-0.1, -0.05) is 18.2 Å². The Balaban J connectivity index is 1.68. The van der Waals surface area contributed by atoms with Gasteiger partial charge in [0.25, 0.3) is 5.91 Å². The van der Waals surface area contributed by atoms with Crippen molar-refractivity contribution in [2.45, 2.75) is 31.7 Å². The fourth-order valence-corrected chi connectivity index (χ4v) is 4.24. The van der Waals surface area contributed by atoms with Crippen molar-refractivity contribution in [1.82, 2.24) is 15.1 Å². The zero-order valence-electron chi connectivity index (χ0n) is 19.3. The minimum atomic E-state index is -0.699. The summed E-state index contributed by atoms with van der Waals surface area (Å²) in [5.74, 6) is -0.357. The number of nitrogens with zero attached hydrogens (tertiary/aromatic N) is 2. The van der Waals surface area contributed by atoms with Crippen LogP contribution in [0, 0.1) is 5.82 Å². The van der Waals surface area contributed by atoms with Crippen LogP contribution in [-0.2, 0) is 22.4 Å². The molecule has 178 valence electrons. The van der Waals surface area contributed by atoms with Crippen LogP contribution in [-0.4, -0.2) is 43.0 Å². The summed E-state index contributed by atoms with van der Waals surface area (Å²) in [4.78, 5) is 25.5. The molecule has 1 heterocycles. The van der Waals surface area contributed by atoms with Gasteiger partial charge in [-0.25, -0.2) is 9.07 Å². The number of fused-ring (bicyclic) bond motifs is 1. The zero-order valence-corrected chi connectivity index (χ0v) is 19.3. The summed E-state index contributed by atoms with van der Waals surface area (Å²) in [5, 5.41) is 7.38. The summed E-state index contributed by atoms with van der Waals surface area (Å²) in [6.07, 6.45) is 2.13. The smallest absolute Gasteiger partial charge is 0.307 e. The third kappa shape index (κ3) is 4.46. The van der Waals surface area contributed by atoms with E-state index in [2.05, 4.69) is 10.4 Å². The Labute approximate surface area is 196 Å². The first kappa shape index (κ1) is 23.3. The van der Waals surface area contributed by atoms with Crippen molar-refractivity contribution >= 4 is 11.9 Å². The van der Waals surface area contributed by atoms with Crippen molar-refractivity contribution in [1.29, 1.82) is 0 Å². The van der Waals surface area contributed by atoms with Crippen LogP contribution in [0.5, 0.6) is 11.5 Å². The molecule has 1 aliphatic rings. The molecule has 1 amide bonds. The van der Waals surface area contributed by atoms with E-state index in [1.807, 2.05) is 0 Å². The summed E-state index contributed by atoms with van der Waals surface area (Å²) >= 11 is 0. The van der Waals surface area contributed by atoms with E-state index >= 15 is 0 Å². The molecule has 1 unspecified atom stereocenters. The number of benzene rings is 2. The standard InChI is InChI=1S/C25H26FN3O5/c1-32-21-12-11-15(13-22(21)33-2)18(14-23(30)34-3)27-25(31)24-16-7-6-10-19(16)29(28-24)20-9-5-4-8-17(20)26/h4-5,8-9,11-13,18H,6-7,10,14H2,1-3H3,(H,27,31). The Morgan fingerprint density at radius 2 is 1.85 bits per heavy atom. The molecule has 8 nitrogen and oxygen atoms in total. The Morgan fingerprint density at radius 3 is 2.56 bits per heavy atom. The number of rotatable bonds is 8. The van der Waals surface area contributed by atoms with Gasteiger partial charge < -0.3 is 19.5 Å². The highest BCUT2D eigenvalue weighted by Crippen LogP contribution is 2.32. The Kier molecular flexibility index (Phi) is 6.81. The zero-order chi connectivity index (χ0) is 24.2. The molecule has 0 saturated carbocycles. The van der Waals surface area contributed by atoms with Gasteiger partial charge in [-0.05, 0) is 49.1 Å². The van der Waals surface area contributed by atoms with E-state index in [-0.39, 0.29) is 12.1 Å². The molecule has 0 spiro atoms. The van der Waals surface area contributed by atoms with Gasteiger partial charge in [0, 0.05) is 11.3 Å². The van der Waals surface area contributed by atoms with Crippen LogP contribution in [0.2, 0.25) is 0 Å². The van der Waals surface area contributed by atoms with E-state index in [0.29, 0.717) is 35.6 Å². The molecular formula is C25H26FN3O5. The van der Waals surface area contributed by atoms with Crippen LogP contribution in [0.3, 0.4) is 0 Å². The molecular weight excluding hydrogens is 441 g/mol. The average molecular weight is 467 g/mol. The fraction of sp³-hybridized carbons (Fsp3) is 0.320. The highest BCUT2D eigenvalue weighted by atomic mass is 19.1. The maximum atomic E-state index is 14.5. The van der Waals surface area contributed by atoms with Crippen LogP contribution in [0.15, 0.2) is 42.5 Å². The molecule has 1 aromatic heterocycles. The van der Waals surface area contributed by atoms with E-state index in [1.165, 1.54) is 32.1 Å². The summed E-state index contributed by atoms with van der Waals surface area (Å²) in [7, 11) is 4.32. The lowest BCUT2D eigenvalue weighted by molar-refractivity contribution is -0.141. The number of ether oxygens (including phenoxy) is 3. The Bertz CT molecular complexity index is 1220. The van der Waals surface area contributed by atoms with Crippen LogP contribution in [0.25, 0.3) is 5.69 Å². The Morgan fingerprint density at radius 1 is 1.09 bits per heavy atom. The molecule has 9 heteroatoms. The molecule has 4 rings (SSSR count). The first-order chi connectivity index (χ1) is 16.5. The second-order valence-electron chi connectivity index (χ2n) is 7.91. The number of hydrogen-bond donors (Lipinski definition) is 1. The summed E-state index contributed by atoms with van der Waals surface area (Å²) in [6.45, 7) is 0. The number of para-hydroxylation sites is 1. The Hall–Kier alpha value is -3.88. The van der Waals surface area contributed by atoms with E-state index < -0.39 is 23.7 Å². The number of halogens is 1. The van der Waals surface area contributed by atoms with Crippen molar-refractivity contribution < 1.29 is 28.2 Å². The number of hydrogen-bond acceptors (Lipinski definition) is 6. The highest BCUT2D eigenvalue weighted by Gasteiger charge is 2.30. The van der Waals surface area contributed by atoms with Crippen molar-refractivity contribution in [3.8, 4) is 17.2 Å². The molecule has 34 heavy (non-hydrogen) atoms. The van der Waals surface area contributed by atoms with Crippen molar-refractivity contribution in [3.63, 3.8) is 0 Å². The van der Waals surface area contributed by atoms with Gasteiger partial charge in [-0.2, -0.15) is 5.10 Å². The van der Waals surface area contributed by atoms with E-state index in [1.54, 1.807) is 36.4 Å². The van der Waals surface area contributed by atoms with Crippen LogP contribution in [0.1, 0.15) is 46.2 Å². The number of amides is 1. The van der Waals surface area contributed by atoms with E-state index in [4.69, 9.17) is 14.2 Å². The molecule has 0 radical (unpaired) electrons. The monoisotopic (exact) mass is 467 g/mol. The molecule has 0 bridgehead atoms. The lowest BCUT2D eigenvalue weighted by Gasteiger charge is -2.19. The predicted octanol–water partition coefficient (Wildman–Crippen LogP) is 3.55. The van der Waals surface area contributed by atoms with E-state index in [0.717, 1.165) is 17.7 Å². The SMILES string of the molecule is COC(=O)CC(NC(=O)c1nn(-c2ccccc2F)c2c1CCC2)c1ccc(OC)c(OC)c1. The van der Waals surface area contributed by atoms with Crippen LogP contribution < -0.4 is 14.8 Å². The molecule has 0 fully saturated rings. The first-order valence-corrected chi connectivity index (χ1v) is 10.9. The minimum Gasteiger partial charge on any atom is -0.493 e. The number of nitrogens with one attached hydrogen (secondary N) is 1. The molecule has 2 aromatic carbocycles. The summed E-state index contributed by atoms with van der Waals surface area (Å²) < 4.78 is 31.5. The van der Waals surface area contributed by atoms with Crippen LogP contribution >= 0.6 is 0 Å². The lowest BCUT2D eigenvalue weighted by Crippen LogP contribution is -2.31. The van der Waals surface area contributed by atoms with E-state index in [9.17, 15) is 14.0 Å². The minimum absolute atomic E-state index is 0.0893. The highest BCUT2D eigenvalue weighted by molar-refractivity contribution is 5.95. The molecule has 1 N–H and O–H groups in total. The van der Waals surface area contributed by atoms with Gasteiger partial charge in [0.05, 0.1) is 33.8 Å². The second kappa shape index (κ2) is 9.94. The average Bonchev–Trinajstić information content (AvgIpc) is 3.46. The third-order valence-corrected chi connectivity index (χ3v) is 5.94. The van der Waals surface area contributed by atoms with Gasteiger partial charge in [0.2, 0.25) is 0 Å². The number of esters is 1. The maximum Gasteiger partial charge on any atom is 0.307 e. The van der Waals surface area contributed by atoms with Crippen molar-refractivity contribution in [3.05, 3.63) is 70.8 Å². The van der Waals surface area contributed by atoms with Crippen LogP contribution in [0.4, 0.5) is 4.39 Å². The predicted molar refractivity (Wildman–Crippen MR) is 122 cm³/mol. The summed E-state index contributed by atoms with van der Waals surface area (Å²) in [6, 6.07) is 10.8. The lowest BCUT2D eigenvalue weighted by atomic mass is 10.0. The molecule has 0 saturated heterocycles. The second-order valence-corrected chi connectivity index (χ2v) is 7.91. The quantitative estimate of drug-likeness (QED) is 0.510. The van der Waals surface area contributed by atoms with Crippen molar-refractivity contribution in [2.75, 3.05) is 21.3 Å². The normalized spacial score (nSPS) is 13.2. The van der Waals surface area contributed by atoms with Gasteiger partial charge >= 0.3 is 5.97 Å². The summed E-state index contributed by atoms with van der Waals surface area (Å²) in [5.41, 5.74) is 2.79.